The first-order valence-electron chi connectivity index (χ1n) is 13.6. The highest BCUT2D eigenvalue weighted by molar-refractivity contribution is 5.91. The van der Waals surface area contributed by atoms with Gasteiger partial charge in [0.25, 0.3) is 0 Å². The lowest BCUT2D eigenvalue weighted by Gasteiger charge is -2.46. The number of nitrogens with one attached hydrogen (secondary N) is 1. The number of amides is 4. The second-order valence-corrected chi connectivity index (χ2v) is 10.1. The zero-order valence-corrected chi connectivity index (χ0v) is 22.5. The molecule has 2 aliphatic rings. The number of hydrogen-bond donors (Lipinski definition) is 2. The van der Waals surface area contributed by atoms with Crippen LogP contribution in [0.1, 0.15) is 30.0 Å². The standard InChI is InChI=1S/C30H34N6O4/c1-2-16-34(30(40)32-18-23-6-4-3-5-7-23)35-21-28(38)36-26(17-22-8-10-25(37)11-9-22)29(39)33(20-27(35)36)19-24-12-14-31-15-13-24/h3-15,26-27,37H,2,16-21H2,1H3,(H,32,40)/t26-,27+/m0/s1. The first kappa shape index (κ1) is 27.1. The molecule has 0 radical (unpaired) electrons. The molecule has 0 aliphatic carbocycles. The minimum absolute atomic E-state index is 0.00583. The van der Waals surface area contributed by atoms with Crippen molar-refractivity contribution in [1.29, 1.82) is 0 Å². The number of hydrazine groups is 1. The highest BCUT2D eigenvalue weighted by atomic mass is 16.3. The number of nitrogens with zero attached hydrogens (tertiary/aromatic N) is 5. The number of aromatic nitrogens is 1. The Morgan fingerprint density at radius 3 is 2.42 bits per heavy atom. The molecule has 0 bridgehead atoms. The van der Waals surface area contributed by atoms with Crippen molar-refractivity contribution < 1.29 is 19.5 Å². The van der Waals surface area contributed by atoms with E-state index in [1.165, 1.54) is 0 Å². The maximum absolute atomic E-state index is 13.8. The highest BCUT2D eigenvalue weighted by Gasteiger charge is 2.52. The Hall–Kier alpha value is -4.44. The van der Waals surface area contributed by atoms with Crippen LogP contribution in [0.3, 0.4) is 0 Å². The molecular formula is C30H34N6O4. The number of phenols is 1. The molecular weight excluding hydrogens is 508 g/mol. The Morgan fingerprint density at radius 1 is 1.00 bits per heavy atom. The molecule has 2 atom stereocenters. The number of hydrogen-bond acceptors (Lipinski definition) is 6. The maximum atomic E-state index is 13.8. The summed E-state index contributed by atoms with van der Waals surface area (Å²) in [6.45, 7) is 3.43. The molecule has 2 N–H and O–H groups in total. The largest absolute Gasteiger partial charge is 0.508 e. The van der Waals surface area contributed by atoms with Crippen LogP contribution in [0.15, 0.2) is 79.1 Å². The van der Waals surface area contributed by atoms with Crippen molar-refractivity contribution >= 4 is 17.8 Å². The zero-order valence-electron chi connectivity index (χ0n) is 22.5. The molecule has 2 fully saturated rings. The third kappa shape index (κ3) is 5.91. The molecule has 2 saturated heterocycles. The van der Waals surface area contributed by atoms with E-state index in [9.17, 15) is 19.5 Å². The molecule has 10 heteroatoms. The number of aromatic hydroxyl groups is 1. The minimum atomic E-state index is -0.738. The van der Waals surface area contributed by atoms with Crippen molar-refractivity contribution in [3.63, 3.8) is 0 Å². The predicted molar refractivity (Wildman–Crippen MR) is 148 cm³/mol. The first-order chi connectivity index (χ1) is 19.4. The van der Waals surface area contributed by atoms with Gasteiger partial charge in [0.2, 0.25) is 11.8 Å². The molecule has 208 valence electrons. The van der Waals surface area contributed by atoms with E-state index in [2.05, 4.69) is 10.3 Å². The number of carbonyl (C=O) groups excluding carboxylic acids is 3. The molecule has 0 spiro atoms. The van der Waals surface area contributed by atoms with E-state index in [1.54, 1.807) is 51.5 Å². The fourth-order valence-electron chi connectivity index (χ4n) is 5.38. The lowest BCUT2D eigenvalue weighted by atomic mass is 10.00. The zero-order chi connectivity index (χ0) is 28.1. The van der Waals surface area contributed by atoms with E-state index in [0.29, 0.717) is 32.5 Å². The summed E-state index contributed by atoms with van der Waals surface area (Å²) in [6, 6.07) is 19.1. The van der Waals surface area contributed by atoms with Gasteiger partial charge in [-0.1, -0.05) is 49.4 Å². The summed E-state index contributed by atoms with van der Waals surface area (Å²) in [4.78, 5) is 48.3. The first-order valence-corrected chi connectivity index (χ1v) is 13.6. The molecule has 3 heterocycles. The van der Waals surface area contributed by atoms with Crippen molar-refractivity contribution in [2.75, 3.05) is 19.6 Å². The van der Waals surface area contributed by atoms with E-state index in [-0.39, 0.29) is 36.7 Å². The Bertz CT molecular complexity index is 1320. The monoisotopic (exact) mass is 542 g/mol. The molecule has 4 amide bonds. The Balaban J connectivity index is 1.42. The van der Waals surface area contributed by atoms with Crippen molar-refractivity contribution in [1.82, 2.24) is 30.1 Å². The highest BCUT2D eigenvalue weighted by Crippen LogP contribution is 2.30. The van der Waals surface area contributed by atoms with Crippen LogP contribution in [0.5, 0.6) is 5.75 Å². The molecule has 2 aliphatic heterocycles. The van der Waals surface area contributed by atoms with Gasteiger partial charge in [-0.25, -0.2) is 4.79 Å². The van der Waals surface area contributed by atoms with Crippen LogP contribution >= 0.6 is 0 Å². The summed E-state index contributed by atoms with van der Waals surface area (Å²) in [6.07, 6.45) is 3.89. The third-order valence-electron chi connectivity index (χ3n) is 7.32. The molecule has 5 rings (SSSR count). The summed E-state index contributed by atoms with van der Waals surface area (Å²) < 4.78 is 0. The molecule has 3 aromatic rings. The van der Waals surface area contributed by atoms with Crippen molar-refractivity contribution in [3.8, 4) is 5.75 Å². The van der Waals surface area contributed by atoms with Crippen LogP contribution < -0.4 is 5.32 Å². The van der Waals surface area contributed by atoms with Crippen LogP contribution in [0, 0.1) is 0 Å². The smallest absolute Gasteiger partial charge is 0.332 e. The summed E-state index contributed by atoms with van der Waals surface area (Å²) >= 11 is 0. The van der Waals surface area contributed by atoms with E-state index < -0.39 is 12.2 Å². The summed E-state index contributed by atoms with van der Waals surface area (Å²) in [5.74, 6) is -0.203. The number of phenolic OH excluding ortho intramolecular Hbond substituents is 1. The van der Waals surface area contributed by atoms with Crippen molar-refractivity contribution in [2.45, 2.75) is 45.1 Å². The number of pyridine rings is 1. The fraction of sp³-hybridized carbons (Fsp3) is 0.333. The summed E-state index contributed by atoms with van der Waals surface area (Å²) in [5.41, 5.74) is 2.74. The lowest BCUT2D eigenvalue weighted by Crippen LogP contribution is -2.66. The molecule has 1 aromatic heterocycles. The van der Waals surface area contributed by atoms with Gasteiger partial charge in [0, 0.05) is 38.4 Å². The normalized spacial score (nSPS) is 19.0. The fourth-order valence-corrected chi connectivity index (χ4v) is 5.38. The number of rotatable bonds is 9. The van der Waals surface area contributed by atoms with E-state index in [0.717, 1.165) is 16.7 Å². The molecule has 0 unspecified atom stereocenters. The number of piperazine rings is 1. The van der Waals surface area contributed by atoms with Gasteiger partial charge < -0.3 is 20.2 Å². The van der Waals surface area contributed by atoms with Gasteiger partial charge in [0.15, 0.2) is 0 Å². The number of carbonyl (C=O) groups is 3. The summed E-state index contributed by atoms with van der Waals surface area (Å²) in [5, 5.41) is 16.1. The van der Waals surface area contributed by atoms with Crippen LogP contribution in [0.2, 0.25) is 0 Å². The van der Waals surface area contributed by atoms with E-state index >= 15 is 0 Å². The average Bonchev–Trinajstić information content (AvgIpc) is 3.29. The van der Waals surface area contributed by atoms with E-state index in [1.807, 2.05) is 54.4 Å². The molecule has 2 aromatic carbocycles. The van der Waals surface area contributed by atoms with Gasteiger partial charge in [-0.05, 0) is 47.4 Å². The lowest BCUT2D eigenvalue weighted by molar-refractivity contribution is -0.157. The van der Waals surface area contributed by atoms with E-state index in [4.69, 9.17) is 0 Å². The molecule has 0 saturated carbocycles. The van der Waals surface area contributed by atoms with Gasteiger partial charge >= 0.3 is 6.03 Å². The van der Waals surface area contributed by atoms with Crippen LogP contribution in [-0.4, -0.2) is 79.6 Å². The Morgan fingerprint density at radius 2 is 1.73 bits per heavy atom. The van der Waals surface area contributed by atoms with Gasteiger partial charge in [-0.15, -0.1) is 0 Å². The number of urea groups is 1. The van der Waals surface area contributed by atoms with Crippen LogP contribution in [0.25, 0.3) is 0 Å². The number of fused-ring (bicyclic) bond motifs is 1. The van der Waals surface area contributed by atoms with Gasteiger partial charge in [0.05, 0.1) is 13.1 Å². The van der Waals surface area contributed by atoms with Crippen molar-refractivity contribution in [3.05, 3.63) is 95.8 Å². The van der Waals surface area contributed by atoms with Crippen LogP contribution in [-0.2, 0) is 29.1 Å². The number of benzene rings is 2. The van der Waals surface area contributed by atoms with Gasteiger partial charge in [0.1, 0.15) is 18.0 Å². The van der Waals surface area contributed by atoms with Crippen LogP contribution in [0.4, 0.5) is 4.79 Å². The second kappa shape index (κ2) is 12.2. The van der Waals surface area contributed by atoms with Gasteiger partial charge in [-0.2, -0.15) is 5.01 Å². The quantitative estimate of drug-likeness (QED) is 0.431. The van der Waals surface area contributed by atoms with Gasteiger partial charge in [-0.3, -0.25) is 19.6 Å². The third-order valence-corrected chi connectivity index (χ3v) is 7.32. The molecule has 40 heavy (non-hydrogen) atoms. The maximum Gasteiger partial charge on any atom is 0.332 e. The predicted octanol–water partition coefficient (Wildman–Crippen LogP) is 2.75. The minimum Gasteiger partial charge on any atom is -0.508 e. The SMILES string of the molecule is CCCN(C(=O)NCc1ccccc1)N1CC(=O)N2[C@@H](Cc3ccc(O)cc3)C(=O)N(Cc3ccncc3)C[C@@H]21. The van der Waals surface area contributed by atoms with Crippen molar-refractivity contribution in [2.24, 2.45) is 0 Å². The molecule has 10 nitrogen and oxygen atoms in total. The Kier molecular flexibility index (Phi) is 8.26. The average molecular weight is 543 g/mol. The topological polar surface area (TPSA) is 109 Å². The second-order valence-electron chi connectivity index (χ2n) is 10.1. The summed E-state index contributed by atoms with van der Waals surface area (Å²) in [7, 11) is 0. The Labute approximate surface area is 233 Å².